The van der Waals surface area contributed by atoms with Crippen molar-refractivity contribution in [3.05, 3.63) is 88.6 Å². The molecular formula is C21H18N4O2S. The molecule has 7 heteroatoms. The molecule has 1 atom stereocenters. The van der Waals surface area contributed by atoms with Gasteiger partial charge in [0.15, 0.2) is 0 Å². The Morgan fingerprint density at radius 3 is 2.43 bits per heavy atom. The molecule has 1 aliphatic rings. The van der Waals surface area contributed by atoms with Gasteiger partial charge < -0.3 is 5.32 Å². The molecule has 0 fully saturated rings. The van der Waals surface area contributed by atoms with Gasteiger partial charge in [-0.15, -0.1) is 11.3 Å². The van der Waals surface area contributed by atoms with Crippen LogP contribution in [-0.2, 0) is 9.59 Å². The highest BCUT2D eigenvalue weighted by Crippen LogP contribution is 2.26. The predicted octanol–water partition coefficient (Wildman–Crippen LogP) is 2.90. The lowest BCUT2D eigenvalue weighted by Crippen LogP contribution is -2.56. The van der Waals surface area contributed by atoms with E-state index in [0.717, 1.165) is 10.4 Å². The fourth-order valence-corrected chi connectivity index (χ4v) is 3.75. The molecule has 0 saturated heterocycles. The second-order valence-electron chi connectivity index (χ2n) is 6.17. The molecule has 2 aromatic carbocycles. The molecule has 0 radical (unpaired) electrons. The van der Waals surface area contributed by atoms with Gasteiger partial charge in [0.2, 0.25) is 5.84 Å². The quantitative estimate of drug-likeness (QED) is 0.704. The molecule has 28 heavy (non-hydrogen) atoms. The zero-order valence-electron chi connectivity index (χ0n) is 14.9. The molecule has 2 N–H and O–H groups in total. The highest BCUT2D eigenvalue weighted by Gasteiger charge is 2.27. The molecule has 2 heterocycles. The minimum Gasteiger partial charge on any atom is -0.338 e. The van der Waals surface area contributed by atoms with E-state index in [1.54, 1.807) is 23.5 Å². The highest BCUT2D eigenvalue weighted by molar-refractivity contribution is 7.10. The fraction of sp³-hybridized carbons (Fsp3) is 0.0952. The number of thiophene rings is 1. The minimum atomic E-state index is -0.365. The largest absolute Gasteiger partial charge is 0.338 e. The smallest absolute Gasteiger partial charge is 0.288 e. The van der Waals surface area contributed by atoms with Crippen LogP contribution in [0.4, 0.5) is 5.69 Å². The molecule has 0 bridgehead atoms. The Hall–Kier alpha value is -3.45. The SMILES string of the molecule is O=C(N[C@H](c1ccccc1)c1cccs1)C1=NCC(=O)N(c2ccccc2)N1. The number of hydrogen-bond donors (Lipinski definition) is 2. The maximum Gasteiger partial charge on any atom is 0.288 e. The molecule has 2 amide bonds. The van der Waals surface area contributed by atoms with Crippen LogP contribution in [0.25, 0.3) is 0 Å². The summed E-state index contributed by atoms with van der Waals surface area (Å²) in [5, 5.41) is 6.36. The Balaban J connectivity index is 1.55. The molecular weight excluding hydrogens is 372 g/mol. The summed E-state index contributed by atoms with van der Waals surface area (Å²) in [6.45, 7) is -0.0837. The first kappa shape index (κ1) is 17.9. The van der Waals surface area contributed by atoms with Gasteiger partial charge >= 0.3 is 0 Å². The van der Waals surface area contributed by atoms with E-state index in [2.05, 4.69) is 15.7 Å². The van der Waals surface area contributed by atoms with Gasteiger partial charge in [0, 0.05) is 4.88 Å². The molecule has 1 aromatic heterocycles. The number of carbonyl (C=O) groups is 2. The van der Waals surface area contributed by atoms with Crippen molar-refractivity contribution < 1.29 is 9.59 Å². The second kappa shape index (κ2) is 8.06. The predicted molar refractivity (Wildman–Crippen MR) is 110 cm³/mol. The van der Waals surface area contributed by atoms with Crippen molar-refractivity contribution in [2.45, 2.75) is 6.04 Å². The Morgan fingerprint density at radius 1 is 1.04 bits per heavy atom. The third kappa shape index (κ3) is 3.79. The molecule has 0 aliphatic carbocycles. The number of hydrogen-bond acceptors (Lipinski definition) is 5. The summed E-state index contributed by atoms with van der Waals surface area (Å²) in [4.78, 5) is 30.3. The van der Waals surface area contributed by atoms with E-state index in [0.29, 0.717) is 5.69 Å². The maximum atomic E-state index is 12.9. The molecule has 6 nitrogen and oxygen atoms in total. The van der Waals surface area contributed by atoms with E-state index in [4.69, 9.17) is 0 Å². The van der Waals surface area contributed by atoms with Gasteiger partial charge in [-0.05, 0) is 29.1 Å². The minimum absolute atomic E-state index is 0.0837. The average Bonchev–Trinajstić information content (AvgIpc) is 3.28. The molecule has 3 aromatic rings. The van der Waals surface area contributed by atoms with Crippen molar-refractivity contribution in [2.75, 3.05) is 11.6 Å². The van der Waals surface area contributed by atoms with Crippen LogP contribution >= 0.6 is 11.3 Å². The average molecular weight is 390 g/mol. The van der Waals surface area contributed by atoms with Crippen LogP contribution < -0.4 is 15.8 Å². The Bertz CT molecular complexity index is 988. The number of aliphatic imine (C=N–C) groups is 1. The molecule has 140 valence electrons. The lowest BCUT2D eigenvalue weighted by atomic mass is 10.1. The van der Waals surface area contributed by atoms with Crippen LogP contribution in [0.15, 0.2) is 83.2 Å². The number of para-hydroxylation sites is 1. The zero-order valence-corrected chi connectivity index (χ0v) is 15.7. The lowest BCUT2D eigenvalue weighted by molar-refractivity contribution is -0.118. The molecule has 0 spiro atoms. The van der Waals surface area contributed by atoms with Crippen LogP contribution in [0.3, 0.4) is 0 Å². The van der Waals surface area contributed by atoms with Crippen LogP contribution in [0.1, 0.15) is 16.5 Å². The van der Waals surface area contributed by atoms with Crippen LogP contribution in [0.2, 0.25) is 0 Å². The monoisotopic (exact) mass is 390 g/mol. The lowest BCUT2D eigenvalue weighted by Gasteiger charge is -2.28. The van der Waals surface area contributed by atoms with Crippen LogP contribution in [0, 0.1) is 0 Å². The summed E-state index contributed by atoms with van der Waals surface area (Å²) < 4.78 is 0. The van der Waals surface area contributed by atoms with E-state index in [1.807, 2.05) is 66.0 Å². The summed E-state index contributed by atoms with van der Waals surface area (Å²) in [6.07, 6.45) is 0. The maximum absolute atomic E-state index is 12.9. The van der Waals surface area contributed by atoms with Crippen molar-refractivity contribution in [3.8, 4) is 0 Å². The van der Waals surface area contributed by atoms with Gasteiger partial charge in [-0.2, -0.15) is 0 Å². The number of amides is 2. The number of nitrogens with zero attached hydrogens (tertiary/aromatic N) is 2. The fourth-order valence-electron chi connectivity index (χ4n) is 2.95. The van der Waals surface area contributed by atoms with E-state index in [-0.39, 0.29) is 30.2 Å². The highest BCUT2D eigenvalue weighted by atomic mass is 32.1. The van der Waals surface area contributed by atoms with Crippen molar-refractivity contribution >= 4 is 34.7 Å². The van der Waals surface area contributed by atoms with Crippen molar-refractivity contribution in [1.82, 2.24) is 10.7 Å². The number of nitrogens with one attached hydrogen (secondary N) is 2. The van der Waals surface area contributed by atoms with Gasteiger partial charge in [-0.3, -0.25) is 20.0 Å². The standard InChI is InChI=1S/C21H18N4O2S/c26-18-14-22-20(24-25(18)16-10-5-2-6-11-16)21(27)23-19(17-12-7-13-28-17)15-8-3-1-4-9-15/h1-13,19H,14H2,(H,22,24)(H,23,27)/t19-/m1/s1. The third-order valence-electron chi connectivity index (χ3n) is 4.31. The zero-order chi connectivity index (χ0) is 19.3. The summed E-state index contributed by atoms with van der Waals surface area (Å²) in [6, 6.07) is 22.5. The van der Waals surface area contributed by atoms with Gasteiger partial charge in [-0.1, -0.05) is 54.6 Å². The first-order valence-electron chi connectivity index (χ1n) is 8.81. The number of hydrazine groups is 1. The number of amidine groups is 1. The van der Waals surface area contributed by atoms with E-state index in [1.165, 1.54) is 5.01 Å². The second-order valence-corrected chi connectivity index (χ2v) is 7.15. The number of benzene rings is 2. The van der Waals surface area contributed by atoms with Crippen molar-refractivity contribution in [3.63, 3.8) is 0 Å². The van der Waals surface area contributed by atoms with Gasteiger partial charge in [0.05, 0.1) is 11.7 Å². The molecule has 0 unspecified atom stereocenters. The number of anilines is 1. The van der Waals surface area contributed by atoms with E-state index >= 15 is 0 Å². The molecule has 0 saturated carbocycles. The number of carbonyl (C=O) groups excluding carboxylic acids is 2. The summed E-state index contributed by atoms with van der Waals surface area (Å²) >= 11 is 1.57. The Kier molecular flexibility index (Phi) is 5.16. The van der Waals surface area contributed by atoms with E-state index in [9.17, 15) is 9.59 Å². The third-order valence-corrected chi connectivity index (χ3v) is 5.24. The van der Waals surface area contributed by atoms with E-state index < -0.39 is 0 Å². The summed E-state index contributed by atoms with van der Waals surface area (Å²) in [5.41, 5.74) is 4.48. The summed E-state index contributed by atoms with van der Waals surface area (Å²) in [7, 11) is 0. The first-order chi connectivity index (χ1) is 13.7. The van der Waals surface area contributed by atoms with Crippen molar-refractivity contribution in [2.24, 2.45) is 4.99 Å². The van der Waals surface area contributed by atoms with Gasteiger partial charge in [0.25, 0.3) is 11.8 Å². The summed E-state index contributed by atoms with van der Waals surface area (Å²) in [5.74, 6) is -0.475. The number of rotatable bonds is 5. The van der Waals surface area contributed by atoms with Gasteiger partial charge in [0.1, 0.15) is 6.54 Å². The topological polar surface area (TPSA) is 73.8 Å². The normalized spacial score (nSPS) is 14.8. The molecule has 1 aliphatic heterocycles. The van der Waals surface area contributed by atoms with Crippen LogP contribution in [0.5, 0.6) is 0 Å². The van der Waals surface area contributed by atoms with Crippen molar-refractivity contribution in [1.29, 1.82) is 0 Å². The molecule has 4 rings (SSSR count). The Morgan fingerprint density at radius 2 is 1.75 bits per heavy atom. The Labute approximate surface area is 166 Å². The van der Waals surface area contributed by atoms with Gasteiger partial charge in [-0.25, -0.2) is 5.01 Å². The van der Waals surface area contributed by atoms with Crippen LogP contribution in [-0.4, -0.2) is 24.2 Å². The first-order valence-corrected chi connectivity index (χ1v) is 9.68.